The van der Waals surface area contributed by atoms with Crippen molar-refractivity contribution in [3.63, 3.8) is 0 Å². The first kappa shape index (κ1) is 55.7. The molecule has 0 bridgehead atoms. The highest BCUT2D eigenvalue weighted by Gasteiger charge is 2.43. The summed E-state index contributed by atoms with van der Waals surface area (Å²) in [6, 6.07) is -2.20. The average Bonchev–Trinajstić information content (AvgIpc) is 3.77. The summed E-state index contributed by atoms with van der Waals surface area (Å²) in [4.78, 5) is 120. The molecule has 3 heterocycles. The predicted octanol–water partition coefficient (Wildman–Crippen LogP) is 2.38. The zero-order valence-corrected chi connectivity index (χ0v) is 38.9. The van der Waals surface area contributed by atoms with Gasteiger partial charge in [0.25, 0.3) is 0 Å². The number of anilines is 1. The summed E-state index contributed by atoms with van der Waals surface area (Å²) in [6.45, 7) is 2.09. The number of aromatic nitrogens is 4. The number of phosphoric ester groups is 1. The molecular weight excluding hydrogens is 975 g/mol. The molecule has 0 radical (unpaired) electrons. The number of amides is 3. The Morgan fingerprint density at radius 2 is 1.60 bits per heavy atom. The lowest BCUT2D eigenvalue weighted by molar-refractivity contribution is -0.147. The molecule has 0 saturated carbocycles. The number of phosphoric acid groups is 3. The van der Waals surface area contributed by atoms with Crippen molar-refractivity contribution in [1.29, 1.82) is 0 Å². The number of aliphatic hydroxyl groups excluding tert-OH is 1. The van der Waals surface area contributed by atoms with Crippen molar-refractivity contribution in [3.05, 3.63) is 12.7 Å². The zero-order chi connectivity index (χ0) is 48.5. The van der Waals surface area contributed by atoms with Crippen LogP contribution in [-0.2, 0) is 60.3 Å². The molecule has 65 heavy (non-hydrogen) atoms. The van der Waals surface area contributed by atoms with Crippen molar-refractivity contribution in [1.82, 2.24) is 30.2 Å². The number of ketones is 1. The number of rotatable bonds is 30. The summed E-state index contributed by atoms with van der Waals surface area (Å²) < 4.78 is 58.9. The third kappa shape index (κ3) is 20.8. The molecule has 0 spiro atoms. The van der Waals surface area contributed by atoms with Gasteiger partial charge in [-0.3, -0.25) is 33.6 Å². The van der Waals surface area contributed by atoms with Gasteiger partial charge < -0.3 is 55.0 Å². The highest BCUT2D eigenvalue weighted by molar-refractivity contribution is 8.76. The molecule has 366 valence electrons. The predicted molar refractivity (Wildman–Crippen MR) is 226 cm³/mol. The van der Waals surface area contributed by atoms with Crippen molar-refractivity contribution in [2.75, 3.05) is 23.4 Å². The number of imidazole rings is 1. The Morgan fingerprint density at radius 1 is 0.908 bits per heavy atom. The number of ether oxygens (including phenoxy) is 2. The highest BCUT2D eigenvalue weighted by atomic mass is 33.1. The second-order valence-corrected chi connectivity index (χ2v) is 21.2. The summed E-state index contributed by atoms with van der Waals surface area (Å²) in [5, 5.41) is 35.7. The largest absolute Gasteiger partial charge is 0.490 e. The number of carbonyl (C=O) groups is 6. The molecule has 8 unspecified atom stereocenters. The van der Waals surface area contributed by atoms with Gasteiger partial charge in [0.2, 0.25) is 11.8 Å². The van der Waals surface area contributed by atoms with E-state index in [1.165, 1.54) is 39.4 Å². The van der Waals surface area contributed by atoms with Gasteiger partial charge >= 0.3 is 41.5 Å². The molecule has 0 aromatic carbocycles. The fraction of sp³-hybridized carbons (Fsp3) is 0.656. The molecule has 10 N–H and O–H groups in total. The number of hydrogen-bond donors (Lipinski definition) is 10. The van der Waals surface area contributed by atoms with E-state index in [-0.39, 0.29) is 47.9 Å². The Labute approximate surface area is 377 Å². The van der Waals surface area contributed by atoms with Crippen LogP contribution in [0.4, 0.5) is 10.6 Å². The number of aliphatic carboxylic acids is 2. The zero-order valence-electron chi connectivity index (χ0n) is 34.6. The van der Waals surface area contributed by atoms with Crippen LogP contribution in [0.3, 0.4) is 0 Å². The van der Waals surface area contributed by atoms with Gasteiger partial charge in [0.05, 0.1) is 31.5 Å². The van der Waals surface area contributed by atoms with Gasteiger partial charge in [0.15, 0.2) is 22.8 Å². The second-order valence-electron chi connectivity index (χ2n) is 14.1. The second kappa shape index (κ2) is 26.1. The number of carboxylic acids is 2. The summed E-state index contributed by atoms with van der Waals surface area (Å²) in [5.74, 6) is -2.90. The van der Waals surface area contributed by atoms with Gasteiger partial charge in [0.1, 0.15) is 30.8 Å². The Bertz CT molecular complexity index is 2130. The fourth-order valence-electron chi connectivity index (χ4n) is 5.87. The minimum absolute atomic E-state index is 0.00462. The van der Waals surface area contributed by atoms with Gasteiger partial charge in [0, 0.05) is 37.7 Å². The van der Waals surface area contributed by atoms with E-state index in [0.717, 1.165) is 6.33 Å². The van der Waals surface area contributed by atoms with Crippen LogP contribution >= 0.6 is 45.1 Å². The van der Waals surface area contributed by atoms with Crippen LogP contribution in [0, 0.1) is 0 Å². The van der Waals surface area contributed by atoms with Crippen molar-refractivity contribution in [3.8, 4) is 0 Å². The van der Waals surface area contributed by atoms with Crippen LogP contribution < -0.4 is 16.0 Å². The van der Waals surface area contributed by atoms with E-state index in [1.54, 1.807) is 6.92 Å². The first-order chi connectivity index (χ1) is 30.3. The van der Waals surface area contributed by atoms with Crippen LogP contribution in [0.1, 0.15) is 84.3 Å². The molecule has 2 aromatic heterocycles. The lowest BCUT2D eigenvalue weighted by Gasteiger charge is -2.19. The summed E-state index contributed by atoms with van der Waals surface area (Å²) in [7, 11) is -13.9. The normalized spacial score (nSPS) is 19.6. The van der Waals surface area contributed by atoms with Crippen LogP contribution in [0.5, 0.6) is 0 Å². The highest BCUT2D eigenvalue weighted by Crippen LogP contribution is 2.66. The number of nitrogens with one attached hydrogen (secondary N) is 3. The van der Waals surface area contributed by atoms with E-state index in [0.29, 0.717) is 50.0 Å². The third-order valence-corrected chi connectivity index (χ3v) is 15.1. The molecule has 2 aromatic rings. The molecule has 1 aliphatic heterocycles. The van der Waals surface area contributed by atoms with Crippen LogP contribution in [0.2, 0.25) is 0 Å². The molecule has 1 saturated heterocycles. The first-order valence-corrected chi connectivity index (χ1v) is 26.4. The lowest BCUT2D eigenvalue weighted by Crippen LogP contribution is -2.42. The van der Waals surface area contributed by atoms with Gasteiger partial charge in [-0.2, -0.15) is 8.62 Å². The van der Waals surface area contributed by atoms with Gasteiger partial charge in [-0.25, -0.2) is 38.2 Å². The van der Waals surface area contributed by atoms with Crippen LogP contribution in [-0.4, -0.2) is 139 Å². The quantitative estimate of drug-likeness (QED) is 0.0305. The minimum atomic E-state index is -5.76. The summed E-state index contributed by atoms with van der Waals surface area (Å²) in [5.41, 5.74) is 0.232. The number of nitrogens with zero attached hydrogens (tertiary/aromatic N) is 4. The van der Waals surface area contributed by atoms with Crippen molar-refractivity contribution in [2.45, 2.75) is 115 Å². The smallest absolute Gasteiger partial charge is 0.481 e. The number of hydrogen-bond acceptors (Lipinski definition) is 20. The maximum Gasteiger partial charge on any atom is 0.490 e. The topological polar surface area (TPSA) is 421 Å². The molecule has 33 heteroatoms. The van der Waals surface area contributed by atoms with Gasteiger partial charge in [-0.1, -0.05) is 34.4 Å². The SMILES string of the molecule is CC(=O)NC(CCCSSCC(C)OC(=O)Nc1ncnc2c1ncn2C1CC(O)C(COP(=O)(O)OP(=O)(O)OP(=O)(O)O)O1)C(=O)CCCCCCC(=O)NC(CC(=O)O)C(=O)O. The van der Waals surface area contributed by atoms with Crippen molar-refractivity contribution >= 4 is 97.7 Å². The molecule has 28 nitrogen and oxygen atoms in total. The molecule has 3 amide bonds. The molecule has 3 rings (SSSR count). The molecular formula is C32H50N7O21P3S2. The van der Waals surface area contributed by atoms with Gasteiger partial charge in [-0.05, 0) is 32.6 Å². The molecule has 8 atom stereocenters. The fourth-order valence-corrected chi connectivity index (χ4v) is 11.2. The Balaban J connectivity index is 1.37. The molecule has 1 aliphatic rings. The average molecular weight is 1030 g/mol. The van der Waals surface area contributed by atoms with Crippen LogP contribution in [0.15, 0.2) is 12.7 Å². The number of aliphatic hydroxyl groups is 1. The molecule has 1 fully saturated rings. The van der Waals surface area contributed by atoms with Crippen LogP contribution in [0.25, 0.3) is 11.2 Å². The summed E-state index contributed by atoms with van der Waals surface area (Å²) in [6.07, 6.45) is -0.300. The maximum atomic E-state index is 12.9. The number of carbonyl (C=O) groups excluding carboxylic acids is 4. The minimum Gasteiger partial charge on any atom is -0.481 e. The van der Waals surface area contributed by atoms with E-state index in [9.17, 15) is 57.4 Å². The number of unbranched alkanes of at least 4 members (excludes halogenated alkanes) is 3. The monoisotopic (exact) mass is 1030 g/mol. The van der Waals surface area contributed by atoms with E-state index in [1.807, 2.05) is 0 Å². The van der Waals surface area contributed by atoms with E-state index < -0.39 is 97.1 Å². The van der Waals surface area contributed by atoms with Crippen molar-refractivity contribution in [2.24, 2.45) is 0 Å². The molecule has 0 aliphatic carbocycles. The third-order valence-electron chi connectivity index (χ3n) is 8.68. The van der Waals surface area contributed by atoms with Gasteiger partial charge in [-0.15, -0.1) is 0 Å². The Hall–Kier alpha value is -3.60. The number of fused-ring (bicyclic) bond motifs is 1. The van der Waals surface area contributed by atoms with E-state index >= 15 is 0 Å². The lowest BCUT2D eigenvalue weighted by atomic mass is 10.0. The van der Waals surface area contributed by atoms with E-state index in [4.69, 9.17) is 29.5 Å². The summed E-state index contributed by atoms with van der Waals surface area (Å²) >= 11 is 0. The first-order valence-electron chi connectivity index (χ1n) is 19.4. The standard InChI is InChI=1S/C32H50N7O21P3S2/c1-18(15-65-64-11-7-8-20(36-19(2)40)22(41)9-5-3-4-6-10-25(43)37-21(31(46)47)12-27(44)45)57-32(48)38-29-28-30(34-16-33-29)39(17-35-28)26-13-23(42)24(58-26)14-56-62(52,53)60-63(54,55)59-61(49,50)51/h16-18,20-21,23-24,26,42H,3-15H2,1-2H3,(H,36,40)(H,37,43)(H,44,45)(H,46,47)(H,52,53)(H,54,55)(H2,49,50,51)(H,33,34,38,48). The number of carboxylic acid groups (broad SMARTS) is 2. The van der Waals surface area contributed by atoms with E-state index in [2.05, 4.69) is 44.0 Å². The van der Waals surface area contributed by atoms with Crippen molar-refractivity contribution < 1.29 is 100.0 Å². The number of Topliss-reactive ketones (excluding diaryl/α,β-unsaturated/α-hetero) is 1. The maximum absolute atomic E-state index is 12.9. The Kier molecular flexibility index (Phi) is 22.4. The Morgan fingerprint density at radius 3 is 2.25 bits per heavy atom.